The Bertz CT molecular complexity index is 211. The van der Waals surface area contributed by atoms with Crippen LogP contribution in [0.5, 0.6) is 0 Å². The first-order valence-corrected chi connectivity index (χ1v) is 5.17. The van der Waals surface area contributed by atoms with E-state index in [9.17, 15) is 26.3 Å². The molecule has 0 aromatic carbocycles. The molecule has 3 nitrogen and oxygen atoms in total. The highest BCUT2D eigenvalue weighted by molar-refractivity contribution is 7.41. The largest absolute Gasteiger partial charge is 0.412 e. The normalized spacial score (nSPS) is 13.1. The molecule has 0 heterocycles. The fraction of sp³-hybridized carbons (Fsp3) is 0.714. The van der Waals surface area contributed by atoms with Crippen molar-refractivity contribution in [1.82, 2.24) is 0 Å². The summed E-state index contributed by atoms with van der Waals surface area (Å²) in [5, 5.41) is 0. The van der Waals surface area contributed by atoms with E-state index in [0.29, 0.717) is 0 Å². The lowest BCUT2D eigenvalue weighted by atomic mass is 10.7. The molecule has 0 saturated heterocycles. The van der Waals surface area contributed by atoms with E-state index >= 15 is 0 Å². The Kier molecular flexibility index (Phi) is 6.99. The van der Waals surface area contributed by atoms with E-state index < -0.39 is 34.2 Å². The van der Waals surface area contributed by atoms with Crippen molar-refractivity contribution in [2.45, 2.75) is 12.4 Å². The second-order valence-corrected chi connectivity index (χ2v) is 3.81. The van der Waals surface area contributed by atoms with Crippen LogP contribution in [0.2, 0.25) is 0 Å². The summed E-state index contributed by atoms with van der Waals surface area (Å²) in [4.78, 5) is 0. The second kappa shape index (κ2) is 7.15. The van der Waals surface area contributed by atoms with Crippen LogP contribution in [0.4, 0.5) is 26.3 Å². The average Bonchev–Trinajstić information content (AvgIpc) is 2.13. The van der Waals surface area contributed by atoms with Gasteiger partial charge in [-0.15, -0.1) is 6.58 Å². The Labute approximate surface area is 94.3 Å². The van der Waals surface area contributed by atoms with Crippen molar-refractivity contribution in [3.05, 3.63) is 12.7 Å². The molecule has 0 atom stereocenters. The van der Waals surface area contributed by atoms with Crippen molar-refractivity contribution in [2.75, 3.05) is 19.8 Å². The van der Waals surface area contributed by atoms with Gasteiger partial charge in [-0.25, -0.2) is 0 Å². The molecule has 0 rings (SSSR count). The Morgan fingerprint density at radius 3 is 1.59 bits per heavy atom. The molecule has 0 unspecified atom stereocenters. The number of hydrogen-bond donors (Lipinski definition) is 0. The van der Waals surface area contributed by atoms with Gasteiger partial charge in [-0.05, 0) is 0 Å². The average molecular weight is 286 g/mol. The summed E-state index contributed by atoms with van der Waals surface area (Å²) < 4.78 is 83.1. The summed E-state index contributed by atoms with van der Waals surface area (Å²) in [6.07, 6.45) is -8.19. The summed E-state index contributed by atoms with van der Waals surface area (Å²) in [5.41, 5.74) is 0. The van der Waals surface area contributed by atoms with Gasteiger partial charge >= 0.3 is 21.0 Å². The maximum atomic E-state index is 11.7. The third-order valence-electron chi connectivity index (χ3n) is 0.965. The molecular formula is C7H9F6O3P. The van der Waals surface area contributed by atoms with Crippen LogP contribution in [-0.2, 0) is 13.6 Å². The zero-order valence-electron chi connectivity index (χ0n) is 8.35. The van der Waals surface area contributed by atoms with E-state index in [1.807, 2.05) is 0 Å². The lowest BCUT2D eigenvalue weighted by molar-refractivity contribution is -0.166. The van der Waals surface area contributed by atoms with Crippen molar-refractivity contribution in [1.29, 1.82) is 0 Å². The van der Waals surface area contributed by atoms with Gasteiger partial charge in [0.1, 0.15) is 0 Å². The molecule has 0 fully saturated rings. The van der Waals surface area contributed by atoms with Crippen LogP contribution in [0.1, 0.15) is 0 Å². The van der Waals surface area contributed by atoms with Gasteiger partial charge in [-0.1, -0.05) is 6.08 Å². The first kappa shape index (κ1) is 16.6. The van der Waals surface area contributed by atoms with Crippen LogP contribution in [0.3, 0.4) is 0 Å². The molecule has 0 radical (unpaired) electrons. The molecule has 0 aromatic heterocycles. The van der Waals surface area contributed by atoms with E-state index in [1.54, 1.807) is 0 Å². The lowest BCUT2D eigenvalue weighted by Crippen LogP contribution is -2.19. The third-order valence-corrected chi connectivity index (χ3v) is 2.00. The van der Waals surface area contributed by atoms with Crippen LogP contribution in [0, 0.1) is 0 Å². The van der Waals surface area contributed by atoms with Gasteiger partial charge in [0.25, 0.3) is 0 Å². The van der Waals surface area contributed by atoms with E-state index in [-0.39, 0.29) is 6.61 Å². The van der Waals surface area contributed by atoms with E-state index in [4.69, 9.17) is 0 Å². The van der Waals surface area contributed by atoms with E-state index in [2.05, 4.69) is 20.2 Å². The minimum Gasteiger partial charge on any atom is -0.308 e. The maximum Gasteiger partial charge on any atom is 0.412 e. The van der Waals surface area contributed by atoms with Gasteiger partial charge in [0.15, 0.2) is 13.2 Å². The zero-order chi connectivity index (χ0) is 13.5. The number of alkyl halides is 6. The minimum absolute atomic E-state index is 0.276. The minimum atomic E-state index is -4.67. The molecule has 0 aromatic rings. The van der Waals surface area contributed by atoms with Crippen molar-refractivity contribution in [3.8, 4) is 0 Å². The van der Waals surface area contributed by atoms with Gasteiger partial charge in [-0.3, -0.25) is 0 Å². The van der Waals surface area contributed by atoms with Gasteiger partial charge < -0.3 is 13.6 Å². The van der Waals surface area contributed by atoms with Crippen LogP contribution in [0.15, 0.2) is 12.7 Å². The highest BCUT2D eigenvalue weighted by Gasteiger charge is 2.34. The first-order valence-electron chi connectivity index (χ1n) is 4.07. The highest BCUT2D eigenvalue weighted by atomic mass is 31.2. The lowest BCUT2D eigenvalue weighted by Gasteiger charge is -2.17. The molecule has 0 bridgehead atoms. The van der Waals surface area contributed by atoms with Crippen molar-refractivity contribution in [2.24, 2.45) is 0 Å². The molecule has 17 heavy (non-hydrogen) atoms. The van der Waals surface area contributed by atoms with Crippen molar-refractivity contribution in [3.63, 3.8) is 0 Å². The summed E-state index contributed by atoms with van der Waals surface area (Å²) in [5.74, 6) is 0. The predicted octanol–water partition coefficient (Wildman–Crippen LogP) is 3.57. The molecular weight excluding hydrogens is 277 g/mol. The van der Waals surface area contributed by atoms with Gasteiger partial charge in [0.05, 0.1) is 6.61 Å². The molecule has 0 aliphatic rings. The summed E-state index contributed by atoms with van der Waals surface area (Å²) >= 11 is 0. The topological polar surface area (TPSA) is 27.7 Å². The van der Waals surface area contributed by atoms with Gasteiger partial charge in [0.2, 0.25) is 0 Å². The summed E-state index contributed by atoms with van der Waals surface area (Å²) in [7, 11) is -2.71. The van der Waals surface area contributed by atoms with Crippen molar-refractivity contribution < 1.29 is 39.9 Å². The SMILES string of the molecule is C=CCOP(OCC(F)(F)F)OCC(F)(F)F. The Morgan fingerprint density at radius 2 is 1.29 bits per heavy atom. The van der Waals surface area contributed by atoms with Crippen LogP contribution in [-0.4, -0.2) is 32.2 Å². The fourth-order valence-electron chi connectivity index (χ4n) is 0.477. The summed E-state index contributed by atoms with van der Waals surface area (Å²) in [6, 6.07) is 0. The zero-order valence-corrected chi connectivity index (χ0v) is 9.24. The molecule has 0 N–H and O–H groups in total. The third kappa shape index (κ3) is 11.9. The van der Waals surface area contributed by atoms with Crippen molar-refractivity contribution >= 4 is 8.60 Å². The maximum absolute atomic E-state index is 11.7. The number of halogens is 6. The Hall–Kier alpha value is -0.370. The number of hydrogen-bond acceptors (Lipinski definition) is 3. The van der Waals surface area contributed by atoms with Gasteiger partial charge in [-0.2, -0.15) is 26.3 Å². The highest BCUT2D eigenvalue weighted by Crippen LogP contribution is 2.42. The predicted molar refractivity (Wildman–Crippen MR) is 47.1 cm³/mol. The Balaban J connectivity index is 4.09. The van der Waals surface area contributed by atoms with Gasteiger partial charge in [0, 0.05) is 0 Å². The van der Waals surface area contributed by atoms with Crippen LogP contribution < -0.4 is 0 Å². The first-order chi connectivity index (χ1) is 7.64. The molecule has 0 saturated carbocycles. The number of rotatable bonds is 7. The molecule has 0 aliphatic heterocycles. The molecule has 0 spiro atoms. The van der Waals surface area contributed by atoms with Crippen LogP contribution in [0.25, 0.3) is 0 Å². The summed E-state index contributed by atoms with van der Waals surface area (Å²) in [6.45, 7) is -0.581. The monoisotopic (exact) mass is 286 g/mol. The fourth-order valence-corrected chi connectivity index (χ4v) is 1.43. The quantitative estimate of drug-likeness (QED) is 0.407. The molecule has 102 valence electrons. The standard InChI is InChI=1S/C7H9F6O3P/c1-2-3-14-17(15-4-6(8,9)10)16-5-7(11,12)13/h2H,1,3-5H2. The molecule has 0 amide bonds. The van der Waals surface area contributed by atoms with E-state index in [1.165, 1.54) is 0 Å². The molecule has 0 aliphatic carbocycles. The van der Waals surface area contributed by atoms with E-state index in [0.717, 1.165) is 6.08 Å². The Morgan fingerprint density at radius 1 is 0.882 bits per heavy atom. The molecule has 10 heteroatoms. The van der Waals surface area contributed by atoms with Crippen LogP contribution >= 0.6 is 8.60 Å². The second-order valence-electron chi connectivity index (χ2n) is 2.59. The smallest absolute Gasteiger partial charge is 0.308 e.